The van der Waals surface area contributed by atoms with Crippen LogP contribution in [-0.4, -0.2) is 14.5 Å². The number of hydrogen-bond donors (Lipinski definition) is 2. The van der Waals surface area contributed by atoms with Crippen LogP contribution in [0.5, 0.6) is 0 Å². The van der Waals surface area contributed by atoms with Gasteiger partial charge in [0.2, 0.25) is 10.0 Å². The highest BCUT2D eigenvalue weighted by Crippen LogP contribution is 2.33. The van der Waals surface area contributed by atoms with Gasteiger partial charge >= 0.3 is 0 Å². The summed E-state index contributed by atoms with van der Waals surface area (Å²) in [6.45, 7) is 6.14. The second kappa shape index (κ2) is 5.74. The molecule has 0 aliphatic heterocycles. The molecule has 1 fully saturated rings. The van der Waals surface area contributed by atoms with Crippen LogP contribution in [0.4, 0.5) is 5.69 Å². The second-order valence-electron chi connectivity index (χ2n) is 5.81. The molecule has 1 aliphatic rings. The normalized spacial score (nSPS) is 23.0. The molecular weight excluding hydrogens is 272 g/mol. The number of nitrogens with one attached hydrogen (secondary N) is 1. The van der Waals surface area contributed by atoms with Crippen molar-refractivity contribution < 1.29 is 8.42 Å². The molecule has 3 N–H and O–H groups in total. The van der Waals surface area contributed by atoms with Crippen molar-refractivity contribution in [2.24, 2.45) is 11.1 Å². The van der Waals surface area contributed by atoms with E-state index in [-0.39, 0.29) is 4.90 Å². The molecule has 20 heavy (non-hydrogen) atoms. The van der Waals surface area contributed by atoms with Gasteiger partial charge in [0.1, 0.15) is 0 Å². The fourth-order valence-corrected chi connectivity index (χ4v) is 3.68. The molecule has 0 radical (unpaired) electrons. The van der Waals surface area contributed by atoms with Crippen LogP contribution < -0.4 is 10.5 Å². The fourth-order valence-electron chi connectivity index (χ4n) is 3.06. The van der Waals surface area contributed by atoms with Crippen LogP contribution in [0.3, 0.4) is 0 Å². The van der Waals surface area contributed by atoms with E-state index >= 15 is 0 Å². The Balaban J connectivity index is 2.34. The van der Waals surface area contributed by atoms with E-state index in [1.165, 1.54) is 12.8 Å². The fraction of sp³-hybridized carbons (Fsp3) is 0.600. The number of rotatable bonds is 4. The minimum atomic E-state index is -3.66. The molecule has 1 aromatic rings. The van der Waals surface area contributed by atoms with Gasteiger partial charge in [-0.3, -0.25) is 0 Å². The molecule has 0 saturated heterocycles. The van der Waals surface area contributed by atoms with Crippen molar-refractivity contribution in [1.29, 1.82) is 0 Å². The van der Waals surface area contributed by atoms with Gasteiger partial charge in [-0.05, 0) is 55.9 Å². The first-order valence-corrected chi connectivity index (χ1v) is 8.78. The Morgan fingerprint density at radius 3 is 2.60 bits per heavy atom. The Labute approximate surface area is 121 Å². The van der Waals surface area contributed by atoms with E-state index in [2.05, 4.69) is 12.2 Å². The second-order valence-corrected chi connectivity index (χ2v) is 7.37. The number of sulfonamides is 1. The lowest BCUT2D eigenvalue weighted by atomic mass is 9.99. The number of hydrogen-bond acceptors (Lipinski definition) is 3. The molecule has 0 spiro atoms. The van der Waals surface area contributed by atoms with Gasteiger partial charge in [-0.15, -0.1) is 0 Å². The molecule has 0 aromatic heterocycles. The van der Waals surface area contributed by atoms with E-state index in [4.69, 9.17) is 5.14 Å². The van der Waals surface area contributed by atoms with Crippen molar-refractivity contribution >= 4 is 15.7 Å². The molecule has 0 heterocycles. The zero-order chi connectivity index (χ0) is 14.9. The van der Waals surface area contributed by atoms with Crippen LogP contribution >= 0.6 is 0 Å². The Bertz CT molecular complexity index is 596. The number of benzene rings is 1. The Kier molecular flexibility index (Phi) is 4.39. The summed E-state index contributed by atoms with van der Waals surface area (Å²) < 4.78 is 23.1. The Morgan fingerprint density at radius 2 is 2.00 bits per heavy atom. The highest BCUT2D eigenvalue weighted by molar-refractivity contribution is 7.89. The van der Waals surface area contributed by atoms with E-state index in [1.807, 2.05) is 13.8 Å². The number of primary sulfonamides is 1. The molecule has 1 aromatic carbocycles. The monoisotopic (exact) mass is 296 g/mol. The predicted molar refractivity (Wildman–Crippen MR) is 82.3 cm³/mol. The van der Waals surface area contributed by atoms with Crippen molar-refractivity contribution in [2.45, 2.75) is 57.4 Å². The average Bonchev–Trinajstić information content (AvgIpc) is 2.80. The van der Waals surface area contributed by atoms with Gasteiger partial charge in [0.25, 0.3) is 0 Å². The summed E-state index contributed by atoms with van der Waals surface area (Å²) in [5.41, 5.74) is 2.95. The predicted octanol–water partition coefficient (Wildman–Crippen LogP) is 2.94. The van der Waals surface area contributed by atoms with Crippen LogP contribution in [-0.2, 0) is 10.0 Å². The third-order valence-corrected chi connectivity index (χ3v) is 5.39. The number of anilines is 1. The lowest BCUT2D eigenvalue weighted by molar-refractivity contribution is 0.489. The van der Waals surface area contributed by atoms with Crippen LogP contribution in [0.15, 0.2) is 17.0 Å². The van der Waals surface area contributed by atoms with Gasteiger partial charge in [0, 0.05) is 11.7 Å². The summed E-state index contributed by atoms with van der Waals surface area (Å²) in [4.78, 5) is 0.189. The molecule has 1 saturated carbocycles. The SMILES string of the molecule is CCC1CCCC1Nc1cc(S(N)(=O)=O)cc(C)c1C. The molecule has 4 nitrogen and oxygen atoms in total. The van der Waals surface area contributed by atoms with E-state index in [0.717, 1.165) is 29.7 Å². The van der Waals surface area contributed by atoms with Crippen molar-refractivity contribution in [2.75, 3.05) is 5.32 Å². The largest absolute Gasteiger partial charge is 0.382 e. The number of nitrogens with two attached hydrogens (primary N) is 1. The van der Waals surface area contributed by atoms with E-state index in [1.54, 1.807) is 12.1 Å². The maximum Gasteiger partial charge on any atom is 0.238 e. The van der Waals surface area contributed by atoms with Crippen molar-refractivity contribution in [3.8, 4) is 0 Å². The van der Waals surface area contributed by atoms with Crippen molar-refractivity contribution in [1.82, 2.24) is 0 Å². The maximum absolute atomic E-state index is 11.6. The zero-order valence-electron chi connectivity index (χ0n) is 12.4. The van der Waals surface area contributed by atoms with Gasteiger partial charge in [-0.1, -0.05) is 19.8 Å². The van der Waals surface area contributed by atoms with Crippen LogP contribution in [0.25, 0.3) is 0 Å². The molecule has 112 valence electrons. The summed E-state index contributed by atoms with van der Waals surface area (Å²) in [5, 5.41) is 8.79. The third kappa shape index (κ3) is 3.15. The maximum atomic E-state index is 11.6. The van der Waals surface area contributed by atoms with Gasteiger partial charge in [0.15, 0.2) is 0 Å². The summed E-state index contributed by atoms with van der Waals surface area (Å²) >= 11 is 0. The topological polar surface area (TPSA) is 72.2 Å². The highest BCUT2D eigenvalue weighted by atomic mass is 32.2. The van der Waals surface area contributed by atoms with Gasteiger partial charge in [-0.25, -0.2) is 13.6 Å². The average molecular weight is 296 g/mol. The highest BCUT2D eigenvalue weighted by Gasteiger charge is 2.26. The van der Waals surface area contributed by atoms with Gasteiger partial charge in [0.05, 0.1) is 4.90 Å². The minimum absolute atomic E-state index is 0.189. The molecule has 2 unspecified atom stereocenters. The summed E-state index contributed by atoms with van der Waals surface area (Å²) in [6.07, 6.45) is 4.80. The van der Waals surface area contributed by atoms with Gasteiger partial charge in [-0.2, -0.15) is 0 Å². The molecule has 0 amide bonds. The summed E-state index contributed by atoms with van der Waals surface area (Å²) in [5.74, 6) is 0.674. The number of aryl methyl sites for hydroxylation is 1. The van der Waals surface area contributed by atoms with Gasteiger partial charge < -0.3 is 5.32 Å². The quantitative estimate of drug-likeness (QED) is 0.897. The minimum Gasteiger partial charge on any atom is -0.382 e. The molecule has 1 aliphatic carbocycles. The van der Waals surface area contributed by atoms with Crippen LogP contribution in [0, 0.1) is 19.8 Å². The van der Waals surface area contributed by atoms with E-state index < -0.39 is 10.0 Å². The molecule has 2 atom stereocenters. The first-order valence-electron chi connectivity index (χ1n) is 7.23. The zero-order valence-corrected chi connectivity index (χ0v) is 13.3. The standard InChI is InChI=1S/C15H24N2O2S/c1-4-12-6-5-7-14(12)17-15-9-13(20(16,18)19)8-10(2)11(15)3/h8-9,12,14,17H,4-7H2,1-3H3,(H2,16,18,19). The van der Waals surface area contributed by atoms with E-state index in [0.29, 0.717) is 12.0 Å². The molecular formula is C15H24N2O2S. The summed E-state index contributed by atoms with van der Waals surface area (Å²) in [6, 6.07) is 3.75. The lowest BCUT2D eigenvalue weighted by Crippen LogP contribution is -2.24. The van der Waals surface area contributed by atoms with Crippen LogP contribution in [0.1, 0.15) is 43.7 Å². The van der Waals surface area contributed by atoms with E-state index in [9.17, 15) is 8.42 Å². The lowest BCUT2D eigenvalue weighted by Gasteiger charge is -2.23. The molecule has 5 heteroatoms. The van der Waals surface area contributed by atoms with Crippen molar-refractivity contribution in [3.05, 3.63) is 23.3 Å². The molecule has 2 rings (SSSR count). The van der Waals surface area contributed by atoms with Crippen molar-refractivity contribution in [3.63, 3.8) is 0 Å². The Morgan fingerprint density at radius 1 is 1.30 bits per heavy atom. The van der Waals surface area contributed by atoms with Crippen LogP contribution in [0.2, 0.25) is 0 Å². The first-order chi connectivity index (χ1) is 9.32. The Hall–Kier alpha value is -1.07. The smallest absolute Gasteiger partial charge is 0.238 e. The first kappa shape index (κ1) is 15.3. The summed E-state index contributed by atoms with van der Waals surface area (Å²) in [7, 11) is -3.66. The third-order valence-electron chi connectivity index (χ3n) is 4.49. The molecule has 0 bridgehead atoms.